The van der Waals surface area contributed by atoms with E-state index in [0.717, 1.165) is 24.4 Å². The van der Waals surface area contributed by atoms with E-state index >= 15 is 0 Å². The summed E-state index contributed by atoms with van der Waals surface area (Å²) in [5.41, 5.74) is 1.97. The Morgan fingerprint density at radius 3 is 2.93 bits per heavy atom. The van der Waals surface area contributed by atoms with Gasteiger partial charge >= 0.3 is 0 Å². The first-order valence-electron chi connectivity index (χ1n) is 9.51. The Morgan fingerprint density at radius 2 is 2.14 bits per heavy atom. The molecular weight excluding hydrogens is 356 g/mol. The van der Waals surface area contributed by atoms with Crippen molar-refractivity contribution in [1.82, 2.24) is 24.9 Å². The number of carbonyl (C=O) groups excluding carboxylic acids is 1. The lowest BCUT2D eigenvalue weighted by Crippen LogP contribution is -2.39. The van der Waals surface area contributed by atoms with E-state index in [1.54, 1.807) is 12.5 Å². The third-order valence-corrected chi connectivity index (χ3v) is 4.97. The lowest BCUT2D eigenvalue weighted by molar-refractivity contribution is -0.123. The van der Waals surface area contributed by atoms with Crippen molar-refractivity contribution in [2.24, 2.45) is 0 Å². The fourth-order valence-corrected chi connectivity index (χ4v) is 3.41. The van der Waals surface area contributed by atoms with E-state index in [1.165, 1.54) is 5.56 Å². The number of ether oxygens (including phenoxy) is 1. The van der Waals surface area contributed by atoms with Crippen LogP contribution in [-0.2, 0) is 4.79 Å². The molecule has 3 heterocycles. The molecule has 0 spiro atoms. The number of nitrogens with one attached hydrogen (secondary N) is 1. The minimum Gasteiger partial charge on any atom is -0.484 e. The summed E-state index contributed by atoms with van der Waals surface area (Å²) in [6.45, 7) is 5.80. The summed E-state index contributed by atoms with van der Waals surface area (Å²) in [5.74, 6) is 1.85. The number of carbonyl (C=O) groups is 1. The number of fused-ring (bicyclic) bond motifs is 1. The van der Waals surface area contributed by atoms with E-state index in [1.807, 2.05) is 34.9 Å². The van der Waals surface area contributed by atoms with Crippen LogP contribution in [0.15, 0.2) is 43.0 Å². The summed E-state index contributed by atoms with van der Waals surface area (Å²) in [6.07, 6.45) is 6.06. The fourth-order valence-electron chi connectivity index (χ4n) is 3.41. The number of rotatable bonds is 6. The number of hydrogen-bond acceptors (Lipinski definition) is 6. The Hall–Kier alpha value is -3.16. The van der Waals surface area contributed by atoms with Crippen molar-refractivity contribution in [3.63, 3.8) is 0 Å². The molecule has 0 saturated carbocycles. The van der Waals surface area contributed by atoms with Crippen molar-refractivity contribution in [3.8, 4) is 5.75 Å². The highest BCUT2D eigenvalue weighted by Crippen LogP contribution is 2.22. The summed E-state index contributed by atoms with van der Waals surface area (Å²) in [5, 5.41) is 11.1. The molecule has 8 heteroatoms. The Bertz CT molecular complexity index is 953. The largest absolute Gasteiger partial charge is 0.484 e. The van der Waals surface area contributed by atoms with Crippen molar-refractivity contribution in [2.45, 2.75) is 32.2 Å². The molecule has 1 amide bonds. The third kappa shape index (κ3) is 3.90. The van der Waals surface area contributed by atoms with E-state index in [-0.39, 0.29) is 18.6 Å². The van der Waals surface area contributed by atoms with Crippen LogP contribution in [0.2, 0.25) is 0 Å². The minimum absolute atomic E-state index is 0.00946. The fraction of sp³-hybridized carbons (Fsp3) is 0.400. The maximum atomic E-state index is 12.3. The highest BCUT2D eigenvalue weighted by molar-refractivity contribution is 5.78. The third-order valence-electron chi connectivity index (χ3n) is 4.97. The summed E-state index contributed by atoms with van der Waals surface area (Å²) < 4.78 is 7.45. The van der Waals surface area contributed by atoms with Gasteiger partial charge in [-0.2, -0.15) is 0 Å². The van der Waals surface area contributed by atoms with Gasteiger partial charge in [-0.1, -0.05) is 26.0 Å². The molecule has 0 bridgehead atoms. The predicted octanol–water partition coefficient (Wildman–Crippen LogP) is 2.02. The molecule has 1 aliphatic heterocycles. The number of hydrogen-bond donors (Lipinski definition) is 1. The Morgan fingerprint density at radius 1 is 1.32 bits per heavy atom. The number of aromatic nitrogens is 4. The maximum Gasteiger partial charge on any atom is 0.258 e. The molecule has 1 aromatic carbocycles. The Balaban J connectivity index is 1.29. The van der Waals surface area contributed by atoms with Gasteiger partial charge in [-0.25, -0.2) is 4.98 Å². The smallest absolute Gasteiger partial charge is 0.258 e. The molecule has 0 radical (unpaired) electrons. The number of nitrogens with zero attached hydrogens (tertiary/aromatic N) is 5. The van der Waals surface area contributed by atoms with E-state index in [2.05, 4.69) is 39.2 Å². The molecule has 4 rings (SSSR count). The van der Waals surface area contributed by atoms with Gasteiger partial charge in [0.25, 0.3) is 5.91 Å². The van der Waals surface area contributed by atoms with Crippen LogP contribution in [0.4, 0.5) is 5.82 Å². The zero-order chi connectivity index (χ0) is 19.5. The lowest BCUT2D eigenvalue weighted by Gasteiger charge is -2.18. The highest BCUT2D eigenvalue weighted by Gasteiger charge is 2.26. The number of amides is 1. The first-order valence-corrected chi connectivity index (χ1v) is 9.51. The summed E-state index contributed by atoms with van der Waals surface area (Å²) in [6, 6.07) is 7.94. The molecule has 1 saturated heterocycles. The van der Waals surface area contributed by atoms with Crippen LogP contribution in [0.5, 0.6) is 5.75 Å². The zero-order valence-electron chi connectivity index (χ0n) is 16.1. The van der Waals surface area contributed by atoms with Crippen molar-refractivity contribution < 1.29 is 9.53 Å². The topological polar surface area (TPSA) is 84.7 Å². The SMILES string of the molecule is CC(C)c1ccc(OCC(=O)N[C@@H]2CCN(c3nccn4cnnc34)C2)cc1. The normalized spacial score (nSPS) is 16.7. The summed E-state index contributed by atoms with van der Waals surface area (Å²) in [4.78, 5) is 18.8. The van der Waals surface area contributed by atoms with Crippen molar-refractivity contribution in [1.29, 1.82) is 0 Å². The molecule has 28 heavy (non-hydrogen) atoms. The molecule has 0 aliphatic carbocycles. The van der Waals surface area contributed by atoms with Crippen LogP contribution in [0.25, 0.3) is 5.65 Å². The van der Waals surface area contributed by atoms with Crippen molar-refractivity contribution >= 4 is 17.4 Å². The molecule has 1 fully saturated rings. The van der Waals surface area contributed by atoms with Gasteiger partial charge in [0.2, 0.25) is 5.65 Å². The van der Waals surface area contributed by atoms with Crippen molar-refractivity contribution in [2.75, 3.05) is 24.6 Å². The first kappa shape index (κ1) is 18.2. The van der Waals surface area contributed by atoms with Crippen LogP contribution in [-0.4, -0.2) is 51.2 Å². The standard InChI is InChI=1S/C20H24N6O2/c1-14(2)15-3-5-17(6-4-15)28-12-18(27)23-16-7-9-25(11-16)19-20-24-22-13-26(20)10-8-21-19/h3-6,8,10,13-14,16H,7,9,11-12H2,1-2H3,(H,23,27)/t16-/m1/s1. The second kappa shape index (κ2) is 7.84. The van der Waals surface area contributed by atoms with Gasteiger partial charge in [0, 0.05) is 31.5 Å². The zero-order valence-corrected chi connectivity index (χ0v) is 16.1. The average Bonchev–Trinajstić information content (AvgIpc) is 3.35. The van der Waals surface area contributed by atoms with Gasteiger partial charge in [0.1, 0.15) is 12.1 Å². The maximum absolute atomic E-state index is 12.3. The number of anilines is 1. The van der Waals surface area contributed by atoms with Crippen LogP contribution in [0.3, 0.4) is 0 Å². The highest BCUT2D eigenvalue weighted by atomic mass is 16.5. The summed E-state index contributed by atoms with van der Waals surface area (Å²) in [7, 11) is 0. The first-order chi connectivity index (χ1) is 13.6. The molecule has 2 aromatic heterocycles. The van der Waals surface area contributed by atoms with Crippen LogP contribution >= 0.6 is 0 Å². The average molecular weight is 380 g/mol. The minimum atomic E-state index is -0.117. The van der Waals surface area contributed by atoms with Gasteiger partial charge in [0.15, 0.2) is 12.4 Å². The monoisotopic (exact) mass is 380 g/mol. The van der Waals surface area contributed by atoms with Crippen molar-refractivity contribution in [3.05, 3.63) is 48.5 Å². The predicted molar refractivity (Wildman–Crippen MR) is 106 cm³/mol. The van der Waals surface area contributed by atoms with Gasteiger partial charge in [-0.05, 0) is 30.0 Å². The second-order valence-electron chi connectivity index (χ2n) is 7.32. The van der Waals surface area contributed by atoms with Gasteiger partial charge in [0.05, 0.1) is 0 Å². The van der Waals surface area contributed by atoms with E-state index in [9.17, 15) is 4.79 Å². The molecular formula is C20H24N6O2. The van der Waals surface area contributed by atoms with Crippen LogP contribution < -0.4 is 15.0 Å². The van der Waals surface area contributed by atoms with Gasteiger partial charge in [-0.15, -0.1) is 10.2 Å². The molecule has 1 atom stereocenters. The van der Waals surface area contributed by atoms with E-state index in [0.29, 0.717) is 18.2 Å². The van der Waals surface area contributed by atoms with Crippen LogP contribution in [0, 0.1) is 0 Å². The second-order valence-corrected chi connectivity index (χ2v) is 7.32. The van der Waals surface area contributed by atoms with Gasteiger partial charge < -0.3 is 15.0 Å². The van der Waals surface area contributed by atoms with Crippen LogP contribution in [0.1, 0.15) is 31.7 Å². The molecule has 1 N–H and O–H groups in total. The Labute approximate surface area is 163 Å². The lowest BCUT2D eigenvalue weighted by atomic mass is 10.0. The molecule has 1 aliphatic rings. The molecule has 8 nitrogen and oxygen atoms in total. The molecule has 146 valence electrons. The molecule has 0 unspecified atom stereocenters. The van der Waals surface area contributed by atoms with E-state index in [4.69, 9.17) is 4.74 Å². The van der Waals surface area contributed by atoms with Gasteiger partial charge in [-0.3, -0.25) is 9.20 Å². The molecule has 3 aromatic rings. The quantitative estimate of drug-likeness (QED) is 0.704. The van der Waals surface area contributed by atoms with E-state index < -0.39 is 0 Å². The number of benzene rings is 1. The summed E-state index contributed by atoms with van der Waals surface area (Å²) >= 11 is 0. The Kier molecular flexibility index (Phi) is 5.10.